The smallest absolute Gasteiger partial charge is 0.220 e. The van der Waals surface area contributed by atoms with Gasteiger partial charge < -0.3 is 10.4 Å². The first-order valence-electron chi connectivity index (χ1n) is 7.17. The molecule has 0 aromatic carbocycles. The van der Waals surface area contributed by atoms with E-state index in [9.17, 15) is 4.79 Å². The predicted octanol–water partition coefficient (Wildman–Crippen LogP) is 2.09. The van der Waals surface area contributed by atoms with E-state index in [1.54, 1.807) is 0 Å². The lowest BCUT2D eigenvalue weighted by Gasteiger charge is -2.20. The van der Waals surface area contributed by atoms with Gasteiger partial charge in [-0.2, -0.15) is 0 Å². The average molecular weight is 239 g/mol. The van der Waals surface area contributed by atoms with Gasteiger partial charge in [-0.1, -0.05) is 6.42 Å². The molecule has 0 saturated heterocycles. The van der Waals surface area contributed by atoms with E-state index in [-0.39, 0.29) is 12.5 Å². The minimum Gasteiger partial charge on any atom is -0.396 e. The summed E-state index contributed by atoms with van der Waals surface area (Å²) in [6.45, 7) is 1.04. The molecule has 0 spiro atoms. The summed E-state index contributed by atoms with van der Waals surface area (Å²) >= 11 is 0. The molecule has 2 N–H and O–H groups in total. The van der Waals surface area contributed by atoms with Crippen molar-refractivity contribution >= 4 is 5.91 Å². The number of aliphatic hydroxyl groups excluding tert-OH is 1. The van der Waals surface area contributed by atoms with Gasteiger partial charge in [0.05, 0.1) is 0 Å². The molecular weight excluding hydrogens is 214 g/mol. The summed E-state index contributed by atoms with van der Waals surface area (Å²) in [5.41, 5.74) is 0. The van der Waals surface area contributed by atoms with Crippen LogP contribution in [0.15, 0.2) is 0 Å². The molecule has 0 aliphatic heterocycles. The van der Waals surface area contributed by atoms with E-state index < -0.39 is 0 Å². The van der Waals surface area contributed by atoms with Gasteiger partial charge in [0, 0.05) is 19.6 Å². The molecule has 2 aliphatic rings. The van der Waals surface area contributed by atoms with Crippen LogP contribution >= 0.6 is 0 Å². The van der Waals surface area contributed by atoms with E-state index in [0.29, 0.717) is 5.92 Å². The van der Waals surface area contributed by atoms with Gasteiger partial charge in [0.2, 0.25) is 5.91 Å². The van der Waals surface area contributed by atoms with Crippen molar-refractivity contribution in [2.45, 2.75) is 51.4 Å². The summed E-state index contributed by atoms with van der Waals surface area (Å²) in [6.07, 6.45) is 9.04. The first kappa shape index (κ1) is 12.9. The lowest BCUT2D eigenvalue weighted by molar-refractivity contribution is -0.122. The van der Waals surface area contributed by atoms with E-state index in [4.69, 9.17) is 5.11 Å². The fourth-order valence-corrected chi connectivity index (χ4v) is 3.58. The average Bonchev–Trinajstić information content (AvgIpc) is 2.90. The van der Waals surface area contributed by atoms with Crippen LogP contribution in [0, 0.1) is 17.8 Å². The van der Waals surface area contributed by atoms with Crippen LogP contribution in [0.25, 0.3) is 0 Å². The number of hydrogen-bond donors (Lipinski definition) is 2. The highest BCUT2D eigenvalue weighted by molar-refractivity contribution is 5.76. The number of unbranched alkanes of at least 4 members (excludes halogenated alkanes) is 2. The highest BCUT2D eigenvalue weighted by atomic mass is 16.2. The third-order valence-electron chi connectivity index (χ3n) is 4.49. The normalized spacial score (nSPS) is 30.8. The number of carbonyl (C=O) groups is 1. The molecule has 3 atom stereocenters. The molecule has 98 valence electrons. The number of rotatable bonds is 7. The van der Waals surface area contributed by atoms with Crippen molar-refractivity contribution in [1.82, 2.24) is 5.32 Å². The Hall–Kier alpha value is -0.570. The maximum atomic E-state index is 11.7. The van der Waals surface area contributed by atoms with Crippen LogP contribution in [-0.4, -0.2) is 24.2 Å². The van der Waals surface area contributed by atoms with Gasteiger partial charge in [-0.3, -0.25) is 4.79 Å². The summed E-state index contributed by atoms with van der Waals surface area (Å²) < 4.78 is 0. The molecule has 0 aromatic heterocycles. The van der Waals surface area contributed by atoms with Crippen LogP contribution in [0.2, 0.25) is 0 Å². The molecule has 2 aliphatic carbocycles. The molecule has 1 amide bonds. The van der Waals surface area contributed by atoms with Crippen LogP contribution in [0.5, 0.6) is 0 Å². The van der Waals surface area contributed by atoms with Crippen molar-refractivity contribution in [1.29, 1.82) is 0 Å². The standard InChI is InChI=1S/C14H25NO2/c16-7-3-1-2-6-15-14(17)10-13-9-11-4-5-12(13)8-11/h11-13,16H,1-10H2,(H,15,17). The molecule has 2 rings (SSSR count). The molecule has 2 bridgehead atoms. The summed E-state index contributed by atoms with van der Waals surface area (Å²) in [7, 11) is 0. The Morgan fingerprint density at radius 2 is 2.06 bits per heavy atom. The molecule has 3 unspecified atom stereocenters. The zero-order chi connectivity index (χ0) is 12.1. The summed E-state index contributed by atoms with van der Waals surface area (Å²) in [6, 6.07) is 0. The van der Waals surface area contributed by atoms with Crippen LogP contribution in [0.1, 0.15) is 51.4 Å². The number of carbonyl (C=O) groups excluding carboxylic acids is 1. The van der Waals surface area contributed by atoms with E-state index >= 15 is 0 Å². The lowest BCUT2D eigenvalue weighted by Crippen LogP contribution is -2.28. The van der Waals surface area contributed by atoms with Crippen LogP contribution < -0.4 is 5.32 Å². The second-order valence-corrected chi connectivity index (χ2v) is 5.77. The summed E-state index contributed by atoms with van der Waals surface area (Å²) in [5, 5.41) is 11.6. The zero-order valence-electron chi connectivity index (χ0n) is 10.7. The Balaban J connectivity index is 1.55. The molecule has 3 nitrogen and oxygen atoms in total. The fourth-order valence-electron chi connectivity index (χ4n) is 3.58. The van der Waals surface area contributed by atoms with Crippen LogP contribution in [-0.2, 0) is 4.79 Å². The monoisotopic (exact) mass is 239 g/mol. The highest BCUT2D eigenvalue weighted by Gasteiger charge is 2.39. The molecular formula is C14H25NO2. The Bertz CT molecular complexity index is 255. The van der Waals surface area contributed by atoms with Crippen molar-refractivity contribution in [3.63, 3.8) is 0 Å². The topological polar surface area (TPSA) is 49.3 Å². The highest BCUT2D eigenvalue weighted by Crippen LogP contribution is 2.49. The van der Waals surface area contributed by atoms with Crippen molar-refractivity contribution in [3.8, 4) is 0 Å². The Kier molecular flexibility index (Phi) is 4.84. The molecule has 17 heavy (non-hydrogen) atoms. The van der Waals surface area contributed by atoms with Gasteiger partial charge in [-0.05, 0) is 56.3 Å². The zero-order valence-corrected chi connectivity index (χ0v) is 10.7. The Morgan fingerprint density at radius 1 is 1.18 bits per heavy atom. The summed E-state index contributed by atoms with van der Waals surface area (Å²) in [4.78, 5) is 11.7. The van der Waals surface area contributed by atoms with E-state index in [1.165, 1.54) is 25.7 Å². The minimum absolute atomic E-state index is 0.242. The quantitative estimate of drug-likeness (QED) is 0.668. The fraction of sp³-hybridized carbons (Fsp3) is 0.929. The maximum absolute atomic E-state index is 11.7. The number of amides is 1. The van der Waals surface area contributed by atoms with Crippen LogP contribution in [0.3, 0.4) is 0 Å². The third-order valence-corrected chi connectivity index (χ3v) is 4.49. The van der Waals surface area contributed by atoms with Gasteiger partial charge in [-0.25, -0.2) is 0 Å². The lowest BCUT2D eigenvalue weighted by atomic mass is 9.86. The van der Waals surface area contributed by atoms with E-state index in [1.807, 2.05) is 0 Å². The SMILES string of the molecule is O=C(CC1CC2CCC1C2)NCCCCCO. The van der Waals surface area contributed by atoms with Gasteiger partial charge in [0.15, 0.2) is 0 Å². The van der Waals surface area contributed by atoms with E-state index in [0.717, 1.165) is 44.1 Å². The Labute approximate surface area is 104 Å². The van der Waals surface area contributed by atoms with Gasteiger partial charge in [0.25, 0.3) is 0 Å². The van der Waals surface area contributed by atoms with Crippen molar-refractivity contribution in [2.24, 2.45) is 17.8 Å². The first-order valence-corrected chi connectivity index (χ1v) is 7.17. The first-order chi connectivity index (χ1) is 8.29. The number of hydrogen-bond acceptors (Lipinski definition) is 2. The minimum atomic E-state index is 0.242. The number of aliphatic hydroxyl groups is 1. The second kappa shape index (κ2) is 6.39. The van der Waals surface area contributed by atoms with E-state index in [2.05, 4.69) is 5.32 Å². The summed E-state index contributed by atoms with van der Waals surface area (Å²) in [5.74, 6) is 2.69. The van der Waals surface area contributed by atoms with Gasteiger partial charge >= 0.3 is 0 Å². The molecule has 0 aromatic rings. The molecule has 0 heterocycles. The third kappa shape index (κ3) is 3.70. The van der Waals surface area contributed by atoms with Crippen molar-refractivity contribution in [3.05, 3.63) is 0 Å². The number of nitrogens with one attached hydrogen (secondary N) is 1. The van der Waals surface area contributed by atoms with Gasteiger partial charge in [0.1, 0.15) is 0 Å². The maximum Gasteiger partial charge on any atom is 0.220 e. The van der Waals surface area contributed by atoms with Gasteiger partial charge in [-0.15, -0.1) is 0 Å². The Morgan fingerprint density at radius 3 is 2.71 bits per heavy atom. The second-order valence-electron chi connectivity index (χ2n) is 5.77. The number of fused-ring (bicyclic) bond motifs is 2. The van der Waals surface area contributed by atoms with Crippen LogP contribution in [0.4, 0.5) is 0 Å². The largest absolute Gasteiger partial charge is 0.396 e. The molecule has 3 heteroatoms. The van der Waals surface area contributed by atoms with Crippen molar-refractivity contribution in [2.75, 3.05) is 13.2 Å². The predicted molar refractivity (Wildman–Crippen MR) is 67.5 cm³/mol. The molecule has 2 saturated carbocycles. The molecule has 2 fully saturated rings. The molecule has 0 radical (unpaired) electrons. The van der Waals surface area contributed by atoms with Crippen molar-refractivity contribution < 1.29 is 9.90 Å².